The maximum absolute atomic E-state index is 11.6. The SMILES string of the molecule is O=C(CCc1ccc2cc[nH]c2c1)NCC1CC1. The molecule has 3 nitrogen and oxygen atoms in total. The lowest BCUT2D eigenvalue weighted by molar-refractivity contribution is -0.121. The lowest BCUT2D eigenvalue weighted by Gasteiger charge is -2.04. The molecule has 0 unspecified atom stereocenters. The van der Waals surface area contributed by atoms with E-state index < -0.39 is 0 Å². The molecule has 1 aliphatic carbocycles. The van der Waals surface area contributed by atoms with Gasteiger partial charge in [-0.2, -0.15) is 0 Å². The minimum absolute atomic E-state index is 0.175. The van der Waals surface area contributed by atoms with Crippen molar-refractivity contribution in [3.63, 3.8) is 0 Å². The van der Waals surface area contributed by atoms with Crippen LogP contribution in [0.3, 0.4) is 0 Å². The Kier molecular flexibility index (Phi) is 3.05. The fourth-order valence-corrected chi connectivity index (χ4v) is 2.18. The molecule has 1 aromatic carbocycles. The number of H-pyrrole nitrogens is 1. The summed E-state index contributed by atoms with van der Waals surface area (Å²) in [6, 6.07) is 8.39. The number of amides is 1. The van der Waals surface area contributed by atoms with E-state index in [-0.39, 0.29) is 5.91 Å². The van der Waals surface area contributed by atoms with E-state index in [1.165, 1.54) is 23.8 Å². The third-order valence-electron chi connectivity index (χ3n) is 3.54. The van der Waals surface area contributed by atoms with E-state index in [1.54, 1.807) is 0 Å². The molecule has 0 atom stereocenters. The van der Waals surface area contributed by atoms with Gasteiger partial charge in [0.2, 0.25) is 5.91 Å². The molecule has 2 aromatic rings. The minimum atomic E-state index is 0.175. The van der Waals surface area contributed by atoms with Gasteiger partial charge in [-0.25, -0.2) is 0 Å². The van der Waals surface area contributed by atoms with Crippen LogP contribution in [0, 0.1) is 5.92 Å². The molecule has 0 bridgehead atoms. The number of benzene rings is 1. The van der Waals surface area contributed by atoms with Gasteiger partial charge in [-0.3, -0.25) is 4.79 Å². The Hall–Kier alpha value is -1.77. The highest BCUT2D eigenvalue weighted by Gasteiger charge is 2.21. The van der Waals surface area contributed by atoms with Gasteiger partial charge in [-0.15, -0.1) is 0 Å². The molecular formula is C15H18N2O. The maximum Gasteiger partial charge on any atom is 0.220 e. The van der Waals surface area contributed by atoms with Crippen molar-refractivity contribution in [3.8, 4) is 0 Å². The Labute approximate surface area is 107 Å². The van der Waals surface area contributed by atoms with E-state index in [2.05, 4.69) is 34.6 Å². The zero-order valence-corrected chi connectivity index (χ0v) is 10.4. The number of hydrogen-bond acceptors (Lipinski definition) is 1. The van der Waals surface area contributed by atoms with Crippen molar-refractivity contribution in [1.29, 1.82) is 0 Å². The van der Waals surface area contributed by atoms with Crippen molar-refractivity contribution in [1.82, 2.24) is 10.3 Å². The summed E-state index contributed by atoms with van der Waals surface area (Å²) in [5.41, 5.74) is 2.36. The first-order chi connectivity index (χ1) is 8.81. The van der Waals surface area contributed by atoms with Crippen LogP contribution in [0.4, 0.5) is 0 Å². The lowest BCUT2D eigenvalue weighted by Crippen LogP contribution is -2.25. The predicted octanol–water partition coefficient (Wildman–Crippen LogP) is 2.63. The van der Waals surface area contributed by atoms with Crippen molar-refractivity contribution in [2.45, 2.75) is 25.7 Å². The van der Waals surface area contributed by atoms with E-state index in [4.69, 9.17) is 0 Å². The van der Waals surface area contributed by atoms with Gasteiger partial charge in [0.25, 0.3) is 0 Å². The Balaban J connectivity index is 1.53. The van der Waals surface area contributed by atoms with Crippen molar-refractivity contribution in [2.75, 3.05) is 6.54 Å². The molecule has 1 saturated carbocycles. The van der Waals surface area contributed by atoms with Gasteiger partial charge >= 0.3 is 0 Å². The number of rotatable bonds is 5. The molecule has 94 valence electrons. The number of nitrogens with one attached hydrogen (secondary N) is 2. The Morgan fingerprint density at radius 1 is 1.33 bits per heavy atom. The maximum atomic E-state index is 11.6. The van der Waals surface area contributed by atoms with Crippen molar-refractivity contribution < 1.29 is 4.79 Å². The van der Waals surface area contributed by atoms with E-state index in [0.717, 1.165) is 24.4 Å². The van der Waals surface area contributed by atoms with Gasteiger partial charge in [0, 0.05) is 24.7 Å². The zero-order chi connectivity index (χ0) is 12.4. The first kappa shape index (κ1) is 11.3. The minimum Gasteiger partial charge on any atom is -0.361 e. The zero-order valence-electron chi connectivity index (χ0n) is 10.4. The number of hydrogen-bond donors (Lipinski definition) is 2. The lowest BCUT2D eigenvalue weighted by atomic mass is 10.1. The molecule has 1 amide bonds. The summed E-state index contributed by atoms with van der Waals surface area (Å²) in [4.78, 5) is 14.8. The number of fused-ring (bicyclic) bond motifs is 1. The standard InChI is InChI=1S/C15H18N2O/c18-15(17-10-12-1-2-12)6-4-11-3-5-13-7-8-16-14(13)9-11/h3,5,7-9,12,16H,1-2,4,6,10H2,(H,17,18). The van der Waals surface area contributed by atoms with Crippen LogP contribution in [0.5, 0.6) is 0 Å². The van der Waals surface area contributed by atoms with Crippen LogP contribution in [-0.4, -0.2) is 17.4 Å². The Bertz CT molecular complexity index is 554. The van der Waals surface area contributed by atoms with Crippen LogP contribution in [-0.2, 0) is 11.2 Å². The molecule has 1 heterocycles. The van der Waals surface area contributed by atoms with E-state index in [1.807, 2.05) is 6.20 Å². The van der Waals surface area contributed by atoms with Crippen LogP contribution in [0.2, 0.25) is 0 Å². The summed E-state index contributed by atoms with van der Waals surface area (Å²) in [7, 11) is 0. The second kappa shape index (κ2) is 4.84. The van der Waals surface area contributed by atoms with Crippen LogP contribution in [0.1, 0.15) is 24.8 Å². The van der Waals surface area contributed by atoms with E-state index in [0.29, 0.717) is 6.42 Å². The number of aromatic nitrogens is 1. The Morgan fingerprint density at radius 2 is 2.22 bits per heavy atom. The van der Waals surface area contributed by atoms with Crippen molar-refractivity contribution >= 4 is 16.8 Å². The summed E-state index contributed by atoms with van der Waals surface area (Å²) in [6.07, 6.45) is 5.90. The molecule has 1 aromatic heterocycles. The first-order valence-corrected chi connectivity index (χ1v) is 6.64. The fraction of sp³-hybridized carbons (Fsp3) is 0.400. The molecule has 0 saturated heterocycles. The molecular weight excluding hydrogens is 224 g/mol. The number of carbonyl (C=O) groups is 1. The number of aryl methyl sites for hydroxylation is 1. The third-order valence-corrected chi connectivity index (χ3v) is 3.54. The van der Waals surface area contributed by atoms with Crippen LogP contribution < -0.4 is 5.32 Å². The summed E-state index contributed by atoms with van der Waals surface area (Å²) >= 11 is 0. The highest BCUT2D eigenvalue weighted by atomic mass is 16.1. The predicted molar refractivity (Wildman–Crippen MR) is 72.4 cm³/mol. The normalized spacial score (nSPS) is 14.9. The topological polar surface area (TPSA) is 44.9 Å². The van der Waals surface area contributed by atoms with Crippen LogP contribution in [0.25, 0.3) is 10.9 Å². The highest BCUT2D eigenvalue weighted by Crippen LogP contribution is 2.27. The van der Waals surface area contributed by atoms with Crippen LogP contribution >= 0.6 is 0 Å². The van der Waals surface area contributed by atoms with Gasteiger partial charge < -0.3 is 10.3 Å². The monoisotopic (exact) mass is 242 g/mol. The average molecular weight is 242 g/mol. The van der Waals surface area contributed by atoms with E-state index in [9.17, 15) is 4.79 Å². The largest absolute Gasteiger partial charge is 0.361 e. The molecule has 0 aliphatic heterocycles. The molecule has 3 heteroatoms. The molecule has 18 heavy (non-hydrogen) atoms. The summed E-state index contributed by atoms with van der Waals surface area (Å²) in [5.74, 6) is 0.928. The number of carbonyl (C=O) groups excluding carboxylic acids is 1. The molecule has 0 spiro atoms. The van der Waals surface area contributed by atoms with E-state index >= 15 is 0 Å². The Morgan fingerprint density at radius 3 is 3.06 bits per heavy atom. The number of aromatic amines is 1. The summed E-state index contributed by atoms with van der Waals surface area (Å²) in [5, 5.41) is 4.22. The van der Waals surface area contributed by atoms with Crippen molar-refractivity contribution in [3.05, 3.63) is 36.0 Å². The molecule has 2 N–H and O–H groups in total. The molecule has 0 radical (unpaired) electrons. The molecule has 1 aliphatic rings. The third kappa shape index (κ3) is 2.73. The second-order valence-electron chi connectivity index (χ2n) is 5.15. The fourth-order valence-electron chi connectivity index (χ4n) is 2.18. The second-order valence-corrected chi connectivity index (χ2v) is 5.15. The van der Waals surface area contributed by atoms with Gasteiger partial charge in [-0.1, -0.05) is 12.1 Å². The molecule has 3 rings (SSSR count). The quantitative estimate of drug-likeness (QED) is 0.831. The van der Waals surface area contributed by atoms with Crippen molar-refractivity contribution in [2.24, 2.45) is 5.92 Å². The van der Waals surface area contributed by atoms with Gasteiger partial charge in [0.15, 0.2) is 0 Å². The van der Waals surface area contributed by atoms with Gasteiger partial charge in [0.05, 0.1) is 0 Å². The van der Waals surface area contributed by atoms with Gasteiger partial charge in [-0.05, 0) is 48.3 Å². The molecule has 1 fully saturated rings. The van der Waals surface area contributed by atoms with Gasteiger partial charge in [0.1, 0.15) is 0 Å². The first-order valence-electron chi connectivity index (χ1n) is 6.64. The summed E-state index contributed by atoms with van der Waals surface area (Å²) in [6.45, 7) is 0.870. The average Bonchev–Trinajstić information content (AvgIpc) is 3.10. The smallest absolute Gasteiger partial charge is 0.220 e. The summed E-state index contributed by atoms with van der Waals surface area (Å²) < 4.78 is 0. The van der Waals surface area contributed by atoms with Crippen LogP contribution in [0.15, 0.2) is 30.5 Å². The highest BCUT2D eigenvalue weighted by molar-refractivity contribution is 5.80.